The van der Waals surface area contributed by atoms with Crippen LogP contribution in [-0.2, 0) is 24.3 Å². The first kappa shape index (κ1) is 22.4. The number of methoxy groups -OCH3 is 1. The summed E-state index contributed by atoms with van der Waals surface area (Å²) in [5.41, 5.74) is 0.996. The minimum atomic E-state index is -3.56. The molecule has 1 aromatic rings. The summed E-state index contributed by atoms with van der Waals surface area (Å²) in [6.07, 6.45) is 1.57. The summed E-state index contributed by atoms with van der Waals surface area (Å²) in [6, 6.07) is 6.08. The van der Waals surface area contributed by atoms with E-state index >= 15 is 0 Å². The molecule has 0 radical (unpaired) electrons. The molecule has 28 heavy (non-hydrogen) atoms. The highest BCUT2D eigenvalue weighted by Crippen LogP contribution is 2.24. The third kappa shape index (κ3) is 5.11. The number of hydrogen-bond donors (Lipinski definition) is 1. The zero-order valence-corrected chi connectivity index (χ0v) is 17.8. The van der Waals surface area contributed by atoms with Crippen molar-refractivity contribution in [1.82, 2.24) is 9.62 Å². The Kier molecular flexibility index (Phi) is 7.60. The second-order valence-electron chi connectivity index (χ2n) is 7.39. The highest BCUT2D eigenvalue weighted by atomic mass is 32.2. The molecule has 8 heteroatoms. The molecule has 0 bridgehead atoms. The van der Waals surface area contributed by atoms with Gasteiger partial charge in [0.15, 0.2) is 0 Å². The first-order valence-corrected chi connectivity index (χ1v) is 11.1. The molecule has 0 saturated carbocycles. The van der Waals surface area contributed by atoms with E-state index in [4.69, 9.17) is 4.74 Å². The third-order valence-corrected chi connectivity index (χ3v) is 7.36. The number of nitrogens with zero attached hydrogens (tertiary/aromatic N) is 1. The van der Waals surface area contributed by atoms with Crippen LogP contribution in [0.15, 0.2) is 29.2 Å². The topological polar surface area (TPSA) is 92.8 Å². The number of benzene rings is 1. The van der Waals surface area contributed by atoms with Crippen molar-refractivity contribution in [3.63, 3.8) is 0 Å². The quantitative estimate of drug-likeness (QED) is 0.695. The van der Waals surface area contributed by atoms with Gasteiger partial charge >= 0.3 is 5.97 Å². The summed E-state index contributed by atoms with van der Waals surface area (Å²) < 4.78 is 31.8. The van der Waals surface area contributed by atoms with Crippen molar-refractivity contribution in [2.45, 2.75) is 51.0 Å². The third-order valence-electron chi connectivity index (χ3n) is 5.45. The fourth-order valence-electron chi connectivity index (χ4n) is 3.28. The molecule has 1 aliphatic heterocycles. The van der Waals surface area contributed by atoms with Gasteiger partial charge in [-0.1, -0.05) is 38.0 Å². The van der Waals surface area contributed by atoms with Crippen LogP contribution in [-0.4, -0.2) is 50.8 Å². The van der Waals surface area contributed by atoms with E-state index in [0.717, 1.165) is 12.0 Å². The van der Waals surface area contributed by atoms with E-state index in [2.05, 4.69) is 5.32 Å². The lowest BCUT2D eigenvalue weighted by Gasteiger charge is -2.32. The van der Waals surface area contributed by atoms with Crippen LogP contribution in [0.2, 0.25) is 0 Å². The molecule has 2 atom stereocenters. The van der Waals surface area contributed by atoms with Crippen molar-refractivity contribution >= 4 is 21.9 Å². The number of sulfonamides is 1. The fourth-order valence-corrected chi connectivity index (χ4v) is 4.75. The smallest absolute Gasteiger partial charge is 0.328 e. The van der Waals surface area contributed by atoms with Crippen LogP contribution < -0.4 is 5.32 Å². The standard InChI is InChI=1S/C20H30N2O5S/c1-5-15(3)18(20(24)27-4)21-19(23)16-10-12-22(13-11-16)28(25,26)17-8-6-14(2)7-9-17/h6-9,15-16,18H,5,10-13H2,1-4H3,(H,21,23)/t15-,18-/m0/s1. The summed E-state index contributed by atoms with van der Waals surface area (Å²) in [7, 11) is -2.25. The largest absolute Gasteiger partial charge is 0.467 e. The van der Waals surface area contributed by atoms with Crippen molar-refractivity contribution in [2.75, 3.05) is 20.2 Å². The number of amides is 1. The van der Waals surface area contributed by atoms with Gasteiger partial charge in [-0.15, -0.1) is 0 Å². The van der Waals surface area contributed by atoms with Gasteiger partial charge in [-0.2, -0.15) is 4.31 Å². The molecule has 7 nitrogen and oxygen atoms in total. The maximum atomic E-state index is 12.8. The SMILES string of the molecule is CC[C@H](C)[C@H](NC(=O)C1CCN(S(=O)(=O)c2ccc(C)cc2)CC1)C(=O)OC. The van der Waals surface area contributed by atoms with Gasteiger partial charge < -0.3 is 10.1 Å². The average Bonchev–Trinajstić information content (AvgIpc) is 2.71. The zero-order chi connectivity index (χ0) is 20.9. The van der Waals surface area contributed by atoms with Crippen molar-refractivity contribution in [3.8, 4) is 0 Å². The number of rotatable bonds is 7. The number of piperidine rings is 1. The molecule has 1 aromatic carbocycles. The lowest BCUT2D eigenvalue weighted by Crippen LogP contribution is -2.50. The minimum Gasteiger partial charge on any atom is -0.467 e. The van der Waals surface area contributed by atoms with Crippen LogP contribution in [0.4, 0.5) is 0 Å². The number of ether oxygens (including phenoxy) is 1. The number of hydrogen-bond acceptors (Lipinski definition) is 5. The molecule has 1 heterocycles. The number of carbonyl (C=O) groups excluding carboxylic acids is 2. The molecule has 1 aliphatic rings. The highest BCUT2D eigenvalue weighted by Gasteiger charge is 2.34. The average molecular weight is 411 g/mol. The van der Waals surface area contributed by atoms with E-state index < -0.39 is 22.0 Å². The predicted octanol–water partition coefficient (Wildman–Crippen LogP) is 2.10. The predicted molar refractivity (Wildman–Crippen MR) is 106 cm³/mol. The Labute approximate surface area is 167 Å². The lowest BCUT2D eigenvalue weighted by atomic mass is 9.94. The Hall–Kier alpha value is -1.93. The molecule has 2 rings (SSSR count). The maximum absolute atomic E-state index is 12.8. The van der Waals surface area contributed by atoms with Crippen LogP contribution in [0, 0.1) is 18.8 Å². The molecule has 1 saturated heterocycles. The van der Waals surface area contributed by atoms with E-state index in [1.54, 1.807) is 24.3 Å². The Morgan fingerprint density at radius 3 is 2.29 bits per heavy atom. The van der Waals surface area contributed by atoms with Gasteiger partial charge in [0.2, 0.25) is 15.9 Å². The van der Waals surface area contributed by atoms with E-state index in [0.29, 0.717) is 12.8 Å². The number of esters is 1. The minimum absolute atomic E-state index is 0.0431. The summed E-state index contributed by atoms with van der Waals surface area (Å²) >= 11 is 0. The Bertz CT molecular complexity index is 783. The van der Waals surface area contributed by atoms with Crippen LogP contribution in [0.25, 0.3) is 0 Å². The van der Waals surface area contributed by atoms with E-state index in [-0.39, 0.29) is 35.7 Å². The molecule has 156 valence electrons. The van der Waals surface area contributed by atoms with E-state index in [1.165, 1.54) is 11.4 Å². The maximum Gasteiger partial charge on any atom is 0.328 e. The normalized spacial score (nSPS) is 18.3. The molecule has 1 amide bonds. The number of aryl methyl sites for hydroxylation is 1. The molecule has 1 N–H and O–H groups in total. The monoisotopic (exact) mass is 410 g/mol. The van der Waals surface area contributed by atoms with Crippen molar-refractivity contribution in [2.24, 2.45) is 11.8 Å². The Morgan fingerprint density at radius 2 is 1.79 bits per heavy atom. The van der Waals surface area contributed by atoms with E-state index in [9.17, 15) is 18.0 Å². The second-order valence-corrected chi connectivity index (χ2v) is 9.32. The Balaban J connectivity index is 1.99. The van der Waals surface area contributed by atoms with Crippen LogP contribution in [0.3, 0.4) is 0 Å². The fraction of sp³-hybridized carbons (Fsp3) is 0.600. The van der Waals surface area contributed by atoms with Crippen molar-refractivity contribution < 1.29 is 22.7 Å². The van der Waals surface area contributed by atoms with Crippen LogP contribution in [0.1, 0.15) is 38.7 Å². The molecule has 0 spiro atoms. The first-order chi connectivity index (χ1) is 13.2. The summed E-state index contributed by atoms with van der Waals surface area (Å²) in [6.45, 7) is 6.29. The first-order valence-electron chi connectivity index (χ1n) is 9.65. The van der Waals surface area contributed by atoms with Crippen LogP contribution >= 0.6 is 0 Å². The number of nitrogens with one attached hydrogen (secondary N) is 1. The lowest BCUT2D eigenvalue weighted by molar-refractivity contribution is -0.147. The zero-order valence-electron chi connectivity index (χ0n) is 17.0. The van der Waals surface area contributed by atoms with E-state index in [1.807, 2.05) is 20.8 Å². The van der Waals surface area contributed by atoms with Crippen molar-refractivity contribution in [1.29, 1.82) is 0 Å². The summed E-state index contributed by atoms with van der Waals surface area (Å²) in [5.74, 6) is -1.04. The van der Waals surface area contributed by atoms with Gasteiger partial charge in [0, 0.05) is 19.0 Å². The highest BCUT2D eigenvalue weighted by molar-refractivity contribution is 7.89. The summed E-state index contributed by atoms with van der Waals surface area (Å²) in [4.78, 5) is 24.9. The molecule has 0 unspecified atom stereocenters. The van der Waals surface area contributed by atoms with Gasteiger partial charge in [-0.05, 0) is 37.8 Å². The van der Waals surface area contributed by atoms with Gasteiger partial charge in [0.05, 0.1) is 12.0 Å². The van der Waals surface area contributed by atoms with Gasteiger partial charge in [0.1, 0.15) is 6.04 Å². The van der Waals surface area contributed by atoms with Crippen LogP contribution in [0.5, 0.6) is 0 Å². The second kappa shape index (κ2) is 9.52. The van der Waals surface area contributed by atoms with Gasteiger partial charge in [-0.25, -0.2) is 13.2 Å². The van der Waals surface area contributed by atoms with Gasteiger partial charge in [0.25, 0.3) is 0 Å². The molecule has 1 fully saturated rings. The van der Waals surface area contributed by atoms with Gasteiger partial charge in [-0.3, -0.25) is 4.79 Å². The summed E-state index contributed by atoms with van der Waals surface area (Å²) in [5, 5.41) is 2.80. The molecular weight excluding hydrogens is 380 g/mol. The Morgan fingerprint density at radius 1 is 1.21 bits per heavy atom. The number of carbonyl (C=O) groups is 2. The molecule has 0 aliphatic carbocycles. The van der Waals surface area contributed by atoms with Crippen molar-refractivity contribution in [3.05, 3.63) is 29.8 Å². The molecular formula is C20H30N2O5S. The molecule has 0 aromatic heterocycles.